The van der Waals surface area contributed by atoms with Crippen LogP contribution in [0.4, 0.5) is 5.69 Å². The van der Waals surface area contributed by atoms with Crippen molar-refractivity contribution in [1.82, 2.24) is 4.90 Å². The van der Waals surface area contributed by atoms with Gasteiger partial charge in [-0.05, 0) is 72.4 Å². The number of amidine groups is 1. The summed E-state index contributed by atoms with van der Waals surface area (Å²) >= 11 is 1.30. The molecule has 0 atom stereocenters. The van der Waals surface area contributed by atoms with Crippen LogP contribution in [0.5, 0.6) is 5.75 Å². The lowest BCUT2D eigenvalue weighted by atomic mass is 10.1. The van der Waals surface area contributed by atoms with Crippen LogP contribution in [-0.2, 0) is 4.79 Å². The van der Waals surface area contributed by atoms with Crippen molar-refractivity contribution in [2.24, 2.45) is 4.99 Å². The SMILES string of the molecule is COc1ccc(N=C2S/C(=C\c3ccc(-c4ccc(C#N)cc4)o3)C(=O)N2C)cc1. The van der Waals surface area contributed by atoms with Crippen molar-refractivity contribution in [1.29, 1.82) is 5.26 Å². The number of furan rings is 1. The zero-order chi connectivity index (χ0) is 21.1. The molecule has 148 valence electrons. The number of hydrogen-bond donors (Lipinski definition) is 0. The summed E-state index contributed by atoms with van der Waals surface area (Å²) in [7, 11) is 3.31. The number of rotatable bonds is 4. The molecular weight excluding hydrogens is 398 g/mol. The number of ether oxygens (including phenoxy) is 1. The summed E-state index contributed by atoms with van der Waals surface area (Å²) in [6.07, 6.45) is 1.72. The fourth-order valence-electron chi connectivity index (χ4n) is 2.84. The Morgan fingerprint density at radius 3 is 2.50 bits per heavy atom. The maximum absolute atomic E-state index is 12.6. The molecule has 30 heavy (non-hydrogen) atoms. The molecule has 2 aromatic carbocycles. The number of thioether (sulfide) groups is 1. The Labute approximate surface area is 178 Å². The normalized spacial score (nSPS) is 16.3. The van der Waals surface area contributed by atoms with Crippen molar-refractivity contribution in [3.63, 3.8) is 0 Å². The van der Waals surface area contributed by atoms with E-state index < -0.39 is 0 Å². The van der Waals surface area contributed by atoms with E-state index in [-0.39, 0.29) is 5.91 Å². The van der Waals surface area contributed by atoms with Crippen LogP contribution >= 0.6 is 11.8 Å². The topological polar surface area (TPSA) is 78.8 Å². The molecular formula is C23H17N3O3S. The zero-order valence-corrected chi connectivity index (χ0v) is 17.1. The number of nitriles is 1. The third kappa shape index (κ3) is 4.00. The molecule has 0 N–H and O–H groups in total. The van der Waals surface area contributed by atoms with Crippen molar-refractivity contribution < 1.29 is 13.9 Å². The van der Waals surface area contributed by atoms with Gasteiger partial charge in [0.1, 0.15) is 17.3 Å². The summed E-state index contributed by atoms with van der Waals surface area (Å²) in [6.45, 7) is 0. The molecule has 1 aromatic heterocycles. The number of carbonyl (C=O) groups is 1. The maximum atomic E-state index is 12.6. The van der Waals surface area contributed by atoms with Crippen LogP contribution in [0.2, 0.25) is 0 Å². The Bertz CT molecular complexity index is 1190. The third-order valence-corrected chi connectivity index (χ3v) is 5.56. The number of aliphatic imine (C=N–C) groups is 1. The molecule has 0 radical (unpaired) electrons. The second-order valence-corrected chi connectivity index (χ2v) is 7.47. The van der Waals surface area contributed by atoms with Crippen molar-refractivity contribution >= 4 is 34.6 Å². The van der Waals surface area contributed by atoms with Gasteiger partial charge in [-0.15, -0.1) is 0 Å². The largest absolute Gasteiger partial charge is 0.497 e. The Morgan fingerprint density at radius 2 is 1.83 bits per heavy atom. The number of hydrogen-bond acceptors (Lipinski definition) is 6. The molecule has 1 amide bonds. The highest BCUT2D eigenvalue weighted by Crippen LogP contribution is 2.34. The number of nitrogens with zero attached hydrogens (tertiary/aromatic N) is 3. The van der Waals surface area contributed by atoms with E-state index in [1.807, 2.05) is 48.5 Å². The number of benzene rings is 2. The minimum Gasteiger partial charge on any atom is -0.497 e. The van der Waals surface area contributed by atoms with Crippen molar-refractivity contribution in [3.05, 3.63) is 76.9 Å². The summed E-state index contributed by atoms with van der Waals surface area (Å²) in [5.41, 5.74) is 2.19. The Hall–Kier alpha value is -3.76. The van der Waals surface area contributed by atoms with Crippen molar-refractivity contribution in [2.45, 2.75) is 0 Å². The van der Waals surface area contributed by atoms with Crippen LogP contribution < -0.4 is 4.74 Å². The van der Waals surface area contributed by atoms with Crippen LogP contribution in [0.1, 0.15) is 11.3 Å². The summed E-state index contributed by atoms with van der Waals surface area (Å²) < 4.78 is 11.0. The first-order chi connectivity index (χ1) is 14.6. The van der Waals surface area contributed by atoms with Crippen LogP contribution in [0.25, 0.3) is 17.4 Å². The van der Waals surface area contributed by atoms with Gasteiger partial charge in [0.05, 0.1) is 29.3 Å². The zero-order valence-electron chi connectivity index (χ0n) is 16.3. The predicted octanol–water partition coefficient (Wildman–Crippen LogP) is 5.06. The molecule has 3 aromatic rings. The fraction of sp³-hybridized carbons (Fsp3) is 0.0870. The molecule has 0 unspecified atom stereocenters. The van der Waals surface area contributed by atoms with Crippen LogP contribution in [0, 0.1) is 11.3 Å². The smallest absolute Gasteiger partial charge is 0.266 e. The molecule has 0 saturated carbocycles. The van der Waals surface area contributed by atoms with Gasteiger partial charge in [0, 0.05) is 18.7 Å². The van der Waals surface area contributed by atoms with Crippen LogP contribution in [-0.4, -0.2) is 30.1 Å². The molecule has 1 fully saturated rings. The van der Waals surface area contributed by atoms with E-state index in [9.17, 15) is 4.79 Å². The highest BCUT2D eigenvalue weighted by molar-refractivity contribution is 8.18. The lowest BCUT2D eigenvalue weighted by molar-refractivity contribution is -0.121. The van der Waals surface area contributed by atoms with Gasteiger partial charge in [-0.3, -0.25) is 9.69 Å². The summed E-state index contributed by atoms with van der Waals surface area (Å²) in [5.74, 6) is 1.86. The predicted molar refractivity (Wildman–Crippen MR) is 117 cm³/mol. The van der Waals surface area contributed by atoms with Crippen molar-refractivity contribution in [3.8, 4) is 23.1 Å². The first-order valence-electron chi connectivity index (χ1n) is 9.08. The third-order valence-electron chi connectivity index (χ3n) is 4.50. The Kier molecular flexibility index (Phi) is 5.42. The molecule has 1 saturated heterocycles. The maximum Gasteiger partial charge on any atom is 0.266 e. The molecule has 1 aliphatic rings. The van der Waals surface area contributed by atoms with Crippen LogP contribution in [0.15, 0.2) is 75.0 Å². The van der Waals surface area contributed by atoms with Gasteiger partial charge in [-0.25, -0.2) is 4.99 Å². The lowest BCUT2D eigenvalue weighted by Gasteiger charge is -2.07. The first-order valence-corrected chi connectivity index (χ1v) is 9.90. The quantitative estimate of drug-likeness (QED) is 0.557. The highest BCUT2D eigenvalue weighted by Gasteiger charge is 2.30. The van der Waals surface area contributed by atoms with Gasteiger partial charge in [0.2, 0.25) is 0 Å². The molecule has 0 bridgehead atoms. The van der Waals surface area contributed by atoms with Gasteiger partial charge in [0.25, 0.3) is 5.91 Å². The van der Waals surface area contributed by atoms with E-state index in [2.05, 4.69) is 11.1 Å². The summed E-state index contributed by atoms with van der Waals surface area (Å²) in [5, 5.41) is 9.51. The molecule has 1 aliphatic heterocycles. The average Bonchev–Trinajstić information content (AvgIpc) is 3.35. The number of amides is 1. The number of likely N-dealkylation sites (N-methyl/N-ethyl adjacent to an activating group) is 1. The molecule has 2 heterocycles. The standard InChI is InChI=1S/C23H17N3O3S/c1-26-22(27)21(30-23(26)25-17-7-9-18(28-2)10-8-17)13-19-11-12-20(29-19)16-5-3-15(14-24)4-6-16/h3-13H,1-2H3/b21-13-,25-23?. The van der Waals surface area contributed by atoms with Gasteiger partial charge < -0.3 is 9.15 Å². The molecule has 7 heteroatoms. The van der Waals surface area contributed by atoms with E-state index in [1.54, 1.807) is 32.4 Å². The minimum atomic E-state index is -0.136. The van der Waals surface area contributed by atoms with Gasteiger partial charge >= 0.3 is 0 Å². The summed E-state index contributed by atoms with van der Waals surface area (Å²) in [6, 6.07) is 20.2. The van der Waals surface area contributed by atoms with E-state index in [4.69, 9.17) is 14.4 Å². The van der Waals surface area contributed by atoms with Gasteiger partial charge in [-0.2, -0.15) is 5.26 Å². The highest BCUT2D eigenvalue weighted by atomic mass is 32.2. The van der Waals surface area contributed by atoms with Crippen molar-refractivity contribution in [2.75, 3.05) is 14.2 Å². The summed E-state index contributed by atoms with van der Waals surface area (Å²) in [4.78, 5) is 19.2. The Balaban J connectivity index is 1.55. The second-order valence-electron chi connectivity index (χ2n) is 6.46. The molecule has 0 aliphatic carbocycles. The Morgan fingerprint density at radius 1 is 1.10 bits per heavy atom. The molecule has 6 nitrogen and oxygen atoms in total. The monoisotopic (exact) mass is 415 g/mol. The fourth-order valence-corrected chi connectivity index (χ4v) is 3.81. The second kappa shape index (κ2) is 8.31. The number of carbonyl (C=O) groups excluding carboxylic acids is 1. The van der Waals surface area contributed by atoms with E-state index >= 15 is 0 Å². The van der Waals surface area contributed by atoms with Crippen LogP contribution in [0.3, 0.4) is 0 Å². The average molecular weight is 415 g/mol. The minimum absolute atomic E-state index is 0.136. The lowest BCUT2D eigenvalue weighted by Crippen LogP contribution is -2.23. The van der Waals surface area contributed by atoms with Gasteiger partial charge in [-0.1, -0.05) is 0 Å². The van der Waals surface area contributed by atoms with Gasteiger partial charge in [0.15, 0.2) is 5.17 Å². The van der Waals surface area contributed by atoms with E-state index in [1.165, 1.54) is 16.7 Å². The molecule has 4 rings (SSSR count). The van der Waals surface area contributed by atoms with E-state index in [0.29, 0.717) is 27.2 Å². The first kappa shape index (κ1) is 19.6. The molecule has 0 spiro atoms. The number of methoxy groups -OCH3 is 1. The van der Waals surface area contributed by atoms with E-state index in [0.717, 1.165) is 17.0 Å².